The minimum absolute atomic E-state index is 0.111. The highest BCUT2D eigenvalue weighted by Gasteiger charge is 2.29. The molecule has 1 aliphatic heterocycles. The zero-order valence-electron chi connectivity index (χ0n) is 12.6. The van der Waals surface area contributed by atoms with Gasteiger partial charge in [0.1, 0.15) is 0 Å². The topological polar surface area (TPSA) is 41.6 Å². The summed E-state index contributed by atoms with van der Waals surface area (Å²) in [5.74, 6) is 0.124. The van der Waals surface area contributed by atoms with E-state index < -0.39 is 0 Å². The molecule has 2 rings (SSSR count). The Morgan fingerprint density at radius 1 is 1.40 bits per heavy atom. The summed E-state index contributed by atoms with van der Waals surface area (Å²) in [6.45, 7) is 6.21. The van der Waals surface area contributed by atoms with Crippen LogP contribution in [0.2, 0.25) is 0 Å². The molecule has 1 aromatic rings. The largest absolute Gasteiger partial charge is 0.375 e. The zero-order valence-corrected chi connectivity index (χ0v) is 12.6. The highest BCUT2D eigenvalue weighted by atomic mass is 16.5. The minimum Gasteiger partial charge on any atom is -0.375 e. The number of benzene rings is 1. The maximum atomic E-state index is 12.8. The van der Waals surface area contributed by atoms with Crippen LogP contribution in [0.5, 0.6) is 0 Å². The van der Waals surface area contributed by atoms with Crippen molar-refractivity contribution in [1.29, 1.82) is 0 Å². The van der Waals surface area contributed by atoms with Crippen molar-refractivity contribution < 1.29 is 9.53 Å². The second-order valence-corrected chi connectivity index (χ2v) is 5.46. The number of morpholine rings is 1. The first-order valence-electron chi connectivity index (χ1n) is 7.28. The van der Waals surface area contributed by atoms with Crippen LogP contribution >= 0.6 is 0 Å². The number of likely N-dealkylation sites (N-methyl/N-ethyl adjacent to an activating group) is 1. The van der Waals surface area contributed by atoms with Gasteiger partial charge in [0.05, 0.1) is 18.8 Å². The van der Waals surface area contributed by atoms with Crippen molar-refractivity contribution in [3.63, 3.8) is 0 Å². The Kier molecular flexibility index (Phi) is 5.15. The normalized spacial score (nSPS) is 22.9. The fraction of sp³-hybridized carbons (Fsp3) is 0.562. The molecule has 1 fully saturated rings. The molecule has 2 atom stereocenters. The van der Waals surface area contributed by atoms with Crippen molar-refractivity contribution in [2.24, 2.45) is 0 Å². The smallest absolute Gasteiger partial charge is 0.254 e. The second kappa shape index (κ2) is 6.86. The van der Waals surface area contributed by atoms with Crippen LogP contribution in [0.3, 0.4) is 0 Å². The molecule has 110 valence electrons. The maximum Gasteiger partial charge on any atom is 0.254 e. The van der Waals surface area contributed by atoms with Crippen LogP contribution < -0.4 is 5.32 Å². The molecule has 1 heterocycles. The SMILES string of the molecule is CNCCc1ccccc1C(=O)N1CC(C)OCC1C. The van der Waals surface area contributed by atoms with Crippen molar-refractivity contribution in [3.8, 4) is 0 Å². The van der Waals surface area contributed by atoms with Gasteiger partial charge in [0.15, 0.2) is 0 Å². The van der Waals surface area contributed by atoms with Crippen LogP contribution in [0, 0.1) is 0 Å². The molecule has 1 aliphatic rings. The van der Waals surface area contributed by atoms with Crippen molar-refractivity contribution in [3.05, 3.63) is 35.4 Å². The fourth-order valence-corrected chi connectivity index (χ4v) is 2.55. The number of ether oxygens (including phenoxy) is 1. The Hall–Kier alpha value is -1.39. The van der Waals surface area contributed by atoms with E-state index >= 15 is 0 Å². The maximum absolute atomic E-state index is 12.8. The van der Waals surface area contributed by atoms with Gasteiger partial charge in [-0.25, -0.2) is 0 Å². The molecule has 1 N–H and O–H groups in total. The summed E-state index contributed by atoms with van der Waals surface area (Å²) in [5.41, 5.74) is 1.93. The van der Waals surface area contributed by atoms with Gasteiger partial charge < -0.3 is 15.0 Å². The van der Waals surface area contributed by atoms with Crippen LogP contribution in [0.1, 0.15) is 29.8 Å². The van der Waals surface area contributed by atoms with E-state index in [0.717, 1.165) is 24.1 Å². The number of rotatable bonds is 4. The summed E-state index contributed by atoms with van der Waals surface area (Å²) >= 11 is 0. The molecule has 0 aliphatic carbocycles. The molecule has 0 saturated carbocycles. The summed E-state index contributed by atoms with van der Waals surface area (Å²) in [5, 5.41) is 3.13. The molecule has 4 heteroatoms. The van der Waals surface area contributed by atoms with Crippen LogP contribution in [-0.4, -0.2) is 49.7 Å². The summed E-state index contributed by atoms with van der Waals surface area (Å²) < 4.78 is 5.60. The van der Waals surface area contributed by atoms with Gasteiger partial charge in [-0.05, 0) is 45.5 Å². The average Bonchev–Trinajstić information content (AvgIpc) is 2.47. The number of carbonyl (C=O) groups is 1. The molecular weight excluding hydrogens is 252 g/mol. The van der Waals surface area contributed by atoms with Gasteiger partial charge >= 0.3 is 0 Å². The number of amides is 1. The van der Waals surface area contributed by atoms with Crippen molar-refractivity contribution in [2.45, 2.75) is 32.4 Å². The van der Waals surface area contributed by atoms with Gasteiger partial charge in [0.25, 0.3) is 5.91 Å². The van der Waals surface area contributed by atoms with Gasteiger partial charge in [0, 0.05) is 12.1 Å². The third-order valence-corrected chi connectivity index (χ3v) is 3.76. The molecule has 1 amide bonds. The predicted octanol–water partition coefficient (Wildman–Crippen LogP) is 1.70. The Labute approximate surface area is 121 Å². The molecule has 0 bridgehead atoms. The first kappa shape index (κ1) is 15.0. The molecule has 2 unspecified atom stereocenters. The lowest BCUT2D eigenvalue weighted by Gasteiger charge is -2.37. The average molecular weight is 276 g/mol. The molecule has 1 saturated heterocycles. The number of nitrogens with zero attached hydrogens (tertiary/aromatic N) is 1. The van der Waals surface area contributed by atoms with Gasteiger partial charge in [-0.2, -0.15) is 0 Å². The van der Waals surface area contributed by atoms with E-state index in [0.29, 0.717) is 13.2 Å². The highest BCUT2D eigenvalue weighted by Crippen LogP contribution is 2.18. The van der Waals surface area contributed by atoms with Gasteiger partial charge in [0.2, 0.25) is 0 Å². The predicted molar refractivity (Wildman–Crippen MR) is 80.0 cm³/mol. The standard InChI is InChI=1S/C16H24N2O2/c1-12-11-20-13(2)10-18(12)16(19)15-7-5-4-6-14(15)8-9-17-3/h4-7,12-13,17H,8-11H2,1-3H3. The zero-order chi connectivity index (χ0) is 14.5. The van der Waals surface area contributed by atoms with Crippen LogP contribution in [0.4, 0.5) is 0 Å². The molecule has 0 radical (unpaired) electrons. The molecule has 0 aromatic heterocycles. The Morgan fingerprint density at radius 3 is 2.90 bits per heavy atom. The second-order valence-electron chi connectivity index (χ2n) is 5.46. The van der Waals surface area contributed by atoms with Gasteiger partial charge in [-0.1, -0.05) is 18.2 Å². The van der Waals surface area contributed by atoms with E-state index in [1.807, 2.05) is 50.1 Å². The number of carbonyl (C=O) groups excluding carboxylic acids is 1. The summed E-state index contributed by atoms with van der Waals surface area (Å²) in [4.78, 5) is 14.7. The monoisotopic (exact) mass is 276 g/mol. The molecule has 4 nitrogen and oxygen atoms in total. The summed E-state index contributed by atoms with van der Waals surface area (Å²) in [6, 6.07) is 8.04. The minimum atomic E-state index is 0.111. The molecule has 20 heavy (non-hydrogen) atoms. The van der Waals surface area contributed by atoms with Gasteiger partial charge in [-0.3, -0.25) is 4.79 Å². The molecule has 0 spiro atoms. The molecule has 1 aromatic carbocycles. The first-order valence-corrected chi connectivity index (χ1v) is 7.28. The van der Waals surface area contributed by atoms with E-state index in [9.17, 15) is 4.79 Å². The third-order valence-electron chi connectivity index (χ3n) is 3.76. The summed E-state index contributed by atoms with van der Waals surface area (Å²) in [6.07, 6.45) is 0.979. The lowest BCUT2D eigenvalue weighted by Crippen LogP contribution is -2.50. The summed E-state index contributed by atoms with van der Waals surface area (Å²) in [7, 11) is 1.93. The number of hydrogen-bond acceptors (Lipinski definition) is 3. The lowest BCUT2D eigenvalue weighted by molar-refractivity contribution is -0.0387. The van der Waals surface area contributed by atoms with E-state index in [1.165, 1.54) is 0 Å². The quantitative estimate of drug-likeness (QED) is 0.910. The van der Waals surface area contributed by atoms with Crippen molar-refractivity contribution >= 4 is 5.91 Å². The molecular formula is C16H24N2O2. The highest BCUT2D eigenvalue weighted by molar-refractivity contribution is 5.96. The van der Waals surface area contributed by atoms with E-state index in [2.05, 4.69) is 5.32 Å². The number of nitrogens with one attached hydrogen (secondary N) is 1. The van der Waals surface area contributed by atoms with E-state index in [1.54, 1.807) is 0 Å². The first-order chi connectivity index (χ1) is 9.63. The lowest BCUT2D eigenvalue weighted by atomic mass is 10.0. The van der Waals surface area contributed by atoms with Gasteiger partial charge in [-0.15, -0.1) is 0 Å². The van der Waals surface area contributed by atoms with Crippen LogP contribution in [0.15, 0.2) is 24.3 Å². The fourth-order valence-electron chi connectivity index (χ4n) is 2.55. The Balaban J connectivity index is 2.19. The van der Waals surface area contributed by atoms with Crippen LogP contribution in [-0.2, 0) is 11.2 Å². The van der Waals surface area contributed by atoms with Crippen molar-refractivity contribution in [1.82, 2.24) is 10.2 Å². The van der Waals surface area contributed by atoms with E-state index in [4.69, 9.17) is 4.74 Å². The Bertz CT molecular complexity index is 462. The third kappa shape index (κ3) is 3.38. The van der Waals surface area contributed by atoms with Crippen molar-refractivity contribution in [2.75, 3.05) is 26.7 Å². The van der Waals surface area contributed by atoms with Crippen LogP contribution in [0.25, 0.3) is 0 Å². The Morgan fingerprint density at radius 2 is 2.15 bits per heavy atom. The van der Waals surface area contributed by atoms with E-state index in [-0.39, 0.29) is 18.1 Å². The number of hydrogen-bond donors (Lipinski definition) is 1.